The number of anilines is 1. The van der Waals surface area contributed by atoms with Crippen molar-refractivity contribution < 1.29 is 32.3 Å². The molecule has 0 spiro atoms. The lowest BCUT2D eigenvalue weighted by Crippen LogP contribution is -2.42. The van der Waals surface area contributed by atoms with Crippen molar-refractivity contribution in [2.75, 3.05) is 19.0 Å². The summed E-state index contributed by atoms with van der Waals surface area (Å²) in [5.74, 6) is -3.10. The molecular weight excluding hydrogens is 590 g/mol. The molecule has 1 heterocycles. The highest BCUT2D eigenvalue weighted by Crippen LogP contribution is 2.42. The largest absolute Gasteiger partial charge is 0.480 e. The second-order valence-electron chi connectivity index (χ2n) is 11.0. The molecule has 5 rings (SSSR count). The van der Waals surface area contributed by atoms with E-state index in [1.54, 1.807) is 49.3 Å². The summed E-state index contributed by atoms with van der Waals surface area (Å²) in [6.07, 6.45) is -5.15. The van der Waals surface area contributed by atoms with Gasteiger partial charge >= 0.3 is 12.1 Å². The third kappa shape index (κ3) is 5.73. The minimum Gasteiger partial charge on any atom is -0.480 e. The van der Waals surface area contributed by atoms with Crippen LogP contribution < -0.4 is 15.8 Å². The summed E-state index contributed by atoms with van der Waals surface area (Å²) < 4.78 is 60.2. The second kappa shape index (κ2) is 11.7. The fourth-order valence-electron chi connectivity index (χ4n) is 5.70. The Morgan fingerprint density at radius 2 is 1.62 bits per heavy atom. The van der Waals surface area contributed by atoms with Gasteiger partial charge in [-0.25, -0.2) is 9.18 Å². The van der Waals surface area contributed by atoms with E-state index >= 15 is 0 Å². The molecule has 232 valence electrons. The number of hydrogen-bond acceptors (Lipinski definition) is 4. The van der Waals surface area contributed by atoms with Crippen LogP contribution in [-0.2, 0) is 24.4 Å². The Labute approximate surface area is 255 Å². The first-order chi connectivity index (χ1) is 21.2. The molecule has 0 fully saturated rings. The number of aromatic nitrogens is 1. The quantitative estimate of drug-likeness (QED) is 0.208. The predicted molar refractivity (Wildman–Crippen MR) is 165 cm³/mol. The van der Waals surface area contributed by atoms with E-state index in [1.165, 1.54) is 54.9 Å². The topological polar surface area (TPSA) is 91.6 Å². The van der Waals surface area contributed by atoms with Crippen molar-refractivity contribution in [1.82, 2.24) is 9.88 Å². The lowest BCUT2D eigenvalue weighted by molar-refractivity contribution is -0.139. The zero-order valence-corrected chi connectivity index (χ0v) is 24.8. The van der Waals surface area contributed by atoms with Crippen LogP contribution in [0.15, 0.2) is 77.6 Å². The average molecular weight is 620 g/mol. The highest BCUT2D eigenvalue weighted by molar-refractivity contribution is 6.02. The van der Waals surface area contributed by atoms with Crippen molar-refractivity contribution in [2.45, 2.75) is 25.6 Å². The van der Waals surface area contributed by atoms with Gasteiger partial charge in [-0.2, -0.15) is 13.2 Å². The Morgan fingerprint density at radius 1 is 0.956 bits per heavy atom. The van der Waals surface area contributed by atoms with Crippen molar-refractivity contribution in [1.29, 1.82) is 0 Å². The van der Waals surface area contributed by atoms with E-state index < -0.39 is 46.6 Å². The van der Waals surface area contributed by atoms with Crippen molar-refractivity contribution in [2.24, 2.45) is 7.05 Å². The number of fused-ring (bicyclic) bond motifs is 2. The number of pyridine rings is 1. The molecule has 0 bridgehead atoms. The molecule has 4 aromatic carbocycles. The number of carboxylic acids is 1. The van der Waals surface area contributed by atoms with Crippen LogP contribution in [0, 0.1) is 12.7 Å². The van der Waals surface area contributed by atoms with E-state index in [4.69, 9.17) is 0 Å². The van der Waals surface area contributed by atoms with Crippen LogP contribution in [0.3, 0.4) is 0 Å². The van der Waals surface area contributed by atoms with Gasteiger partial charge in [0.2, 0.25) is 0 Å². The average Bonchev–Trinajstić information content (AvgIpc) is 2.97. The fourth-order valence-corrected chi connectivity index (χ4v) is 5.70. The maximum Gasteiger partial charge on any atom is 0.417 e. The third-order valence-electron chi connectivity index (χ3n) is 7.94. The Balaban J connectivity index is 1.68. The zero-order valence-electron chi connectivity index (χ0n) is 24.8. The van der Waals surface area contributed by atoms with Crippen LogP contribution in [0.5, 0.6) is 0 Å². The van der Waals surface area contributed by atoms with Gasteiger partial charge in [0.25, 0.3) is 11.5 Å². The number of carboxylic acid groups (broad SMARTS) is 1. The number of hydrogen-bond donors (Lipinski definition) is 2. The highest BCUT2D eigenvalue weighted by Gasteiger charge is 2.38. The number of benzene rings is 4. The Morgan fingerprint density at radius 3 is 2.27 bits per heavy atom. The molecule has 2 N–H and O–H groups in total. The van der Waals surface area contributed by atoms with Crippen LogP contribution in [-0.4, -0.2) is 41.7 Å². The third-order valence-corrected chi connectivity index (χ3v) is 7.94. The summed E-state index contributed by atoms with van der Waals surface area (Å²) in [6.45, 7) is 1.52. The number of aliphatic carboxylic acids is 1. The van der Waals surface area contributed by atoms with Gasteiger partial charge < -0.3 is 19.9 Å². The van der Waals surface area contributed by atoms with E-state index in [1.807, 2.05) is 0 Å². The molecule has 1 amide bonds. The number of nitrogens with zero attached hydrogens (tertiary/aromatic N) is 2. The molecular formula is C34H29F4N3O4. The van der Waals surface area contributed by atoms with Gasteiger partial charge in [-0.05, 0) is 58.7 Å². The van der Waals surface area contributed by atoms with Crippen molar-refractivity contribution in [3.05, 3.63) is 111 Å². The molecule has 0 aliphatic carbocycles. The van der Waals surface area contributed by atoms with Gasteiger partial charge in [0, 0.05) is 38.6 Å². The SMILES string of the molecule is Cc1cccc(F)c1C(=O)N[C@@H](Cc1cccc2c(-c3c(C(F)(F)F)c4cc(N(C)C)ccc4n(C)c3=O)cccc12)C(=O)O. The van der Waals surface area contributed by atoms with Crippen LogP contribution >= 0.6 is 0 Å². The van der Waals surface area contributed by atoms with E-state index in [0.717, 1.165) is 6.07 Å². The molecule has 11 heteroatoms. The van der Waals surface area contributed by atoms with Gasteiger partial charge in [0.05, 0.1) is 22.2 Å². The molecule has 45 heavy (non-hydrogen) atoms. The van der Waals surface area contributed by atoms with Crippen LogP contribution in [0.4, 0.5) is 23.2 Å². The lowest BCUT2D eigenvalue weighted by Gasteiger charge is -2.21. The number of amides is 1. The summed E-state index contributed by atoms with van der Waals surface area (Å²) in [5, 5.41) is 12.9. The predicted octanol–water partition coefficient (Wildman–Crippen LogP) is 6.32. The summed E-state index contributed by atoms with van der Waals surface area (Å²) in [4.78, 5) is 40.5. The molecule has 0 saturated heterocycles. The van der Waals surface area contributed by atoms with Gasteiger partial charge in [-0.15, -0.1) is 0 Å². The molecule has 1 aromatic heterocycles. The summed E-state index contributed by atoms with van der Waals surface area (Å²) in [6, 6.07) is 16.3. The Bertz CT molecular complexity index is 2030. The minimum absolute atomic E-state index is 0.0253. The molecule has 5 aromatic rings. The summed E-state index contributed by atoms with van der Waals surface area (Å²) in [7, 11) is 4.82. The molecule has 0 unspecified atom stereocenters. The first-order valence-electron chi connectivity index (χ1n) is 13.9. The normalized spacial score (nSPS) is 12.4. The van der Waals surface area contributed by atoms with Crippen molar-refractivity contribution in [3.8, 4) is 11.1 Å². The maximum absolute atomic E-state index is 14.9. The van der Waals surface area contributed by atoms with Crippen molar-refractivity contribution in [3.63, 3.8) is 0 Å². The zero-order chi connectivity index (χ0) is 32.8. The number of rotatable bonds is 7. The smallest absolute Gasteiger partial charge is 0.417 e. The second-order valence-corrected chi connectivity index (χ2v) is 11.0. The molecule has 0 aliphatic heterocycles. The van der Waals surface area contributed by atoms with E-state index in [2.05, 4.69) is 5.32 Å². The van der Waals surface area contributed by atoms with Gasteiger partial charge in [-0.1, -0.05) is 48.5 Å². The molecule has 1 atom stereocenters. The number of halogens is 4. The van der Waals surface area contributed by atoms with Crippen LogP contribution in [0.25, 0.3) is 32.8 Å². The number of carbonyl (C=O) groups is 2. The lowest BCUT2D eigenvalue weighted by atomic mass is 9.90. The van der Waals surface area contributed by atoms with Gasteiger partial charge in [0.15, 0.2) is 0 Å². The van der Waals surface area contributed by atoms with E-state index in [9.17, 15) is 37.1 Å². The molecule has 0 saturated carbocycles. The maximum atomic E-state index is 14.9. The number of aryl methyl sites for hydroxylation is 2. The van der Waals surface area contributed by atoms with Crippen LogP contribution in [0.2, 0.25) is 0 Å². The van der Waals surface area contributed by atoms with Gasteiger partial charge in [0.1, 0.15) is 11.9 Å². The minimum atomic E-state index is -4.89. The van der Waals surface area contributed by atoms with Crippen LogP contribution in [0.1, 0.15) is 27.0 Å². The number of nitrogens with one attached hydrogen (secondary N) is 1. The first kappa shape index (κ1) is 31.2. The monoisotopic (exact) mass is 619 g/mol. The van der Waals surface area contributed by atoms with Gasteiger partial charge in [-0.3, -0.25) is 9.59 Å². The number of carbonyl (C=O) groups excluding carboxylic acids is 1. The standard InChI is InChI=1S/C34H29F4N3O4/c1-18-8-5-13-25(35)28(18)31(42)39-26(33(44)45)16-19-9-6-11-22-21(19)10-7-12-23(22)29-30(34(36,37)38)24-17-20(40(2)3)14-15-27(24)41(4)32(29)43/h5-15,17,26H,16H2,1-4H3,(H,39,42)(H,44,45)/t26-/m0/s1. The fraction of sp³-hybridized carbons (Fsp3) is 0.206. The Hall–Kier alpha value is -5.19. The summed E-state index contributed by atoms with van der Waals surface area (Å²) >= 11 is 0. The molecule has 7 nitrogen and oxygen atoms in total. The Kier molecular flexibility index (Phi) is 8.14. The molecule has 0 radical (unpaired) electrons. The highest BCUT2D eigenvalue weighted by atomic mass is 19.4. The van der Waals surface area contributed by atoms with Crippen molar-refractivity contribution >= 4 is 39.2 Å². The number of alkyl halides is 3. The summed E-state index contributed by atoms with van der Waals surface area (Å²) in [5.41, 5.74) is -1.35. The molecule has 0 aliphatic rings. The van der Waals surface area contributed by atoms with E-state index in [-0.39, 0.29) is 28.5 Å². The first-order valence-corrected chi connectivity index (χ1v) is 13.9. The van der Waals surface area contributed by atoms with E-state index in [0.29, 0.717) is 27.6 Å².